The largest absolute Gasteiger partial charge is 0.494 e. The molecule has 0 radical (unpaired) electrons. The van der Waals surface area contributed by atoms with Crippen LogP contribution in [0.2, 0.25) is 0 Å². The van der Waals surface area contributed by atoms with E-state index in [2.05, 4.69) is 0 Å². The van der Waals surface area contributed by atoms with Gasteiger partial charge in [0.15, 0.2) is 5.78 Å². The van der Waals surface area contributed by atoms with Gasteiger partial charge < -0.3 is 14.2 Å². The van der Waals surface area contributed by atoms with Crippen molar-refractivity contribution in [3.8, 4) is 11.5 Å². The molecule has 1 aliphatic carbocycles. The Hall–Kier alpha value is -3.08. The van der Waals surface area contributed by atoms with Gasteiger partial charge in [0.2, 0.25) is 0 Å². The highest BCUT2D eigenvalue weighted by atomic mass is 16.6. The molecule has 2 aromatic carbocycles. The number of ketones is 1. The zero-order valence-electron chi connectivity index (χ0n) is 24.2. The molecule has 0 aromatic heterocycles. The molecule has 1 fully saturated rings. The first-order chi connectivity index (χ1) is 17.9. The molecule has 0 N–H and O–H groups in total. The standard InChI is InChI=1S/C33H44O5/c1-22(2)37-31-24(4)30(32(35)38-33(5,6)7)23(3)21-27(31)15-18-29(34)26-13-16-28(17-14-26)36-20-19-25-11-9-8-10-12-25/h13-18,21-22,25H,8-12,19-20H2,1-7H3. The molecule has 0 aliphatic heterocycles. The van der Waals surface area contributed by atoms with Crippen LogP contribution in [-0.4, -0.2) is 30.1 Å². The van der Waals surface area contributed by atoms with E-state index in [1.807, 2.05) is 66.7 Å². The highest BCUT2D eigenvalue weighted by Gasteiger charge is 2.24. The number of hydrogen-bond donors (Lipinski definition) is 0. The summed E-state index contributed by atoms with van der Waals surface area (Å²) in [6.07, 6.45) is 11.0. The lowest BCUT2D eigenvalue weighted by Gasteiger charge is -2.23. The maximum Gasteiger partial charge on any atom is 0.339 e. The van der Waals surface area contributed by atoms with E-state index in [1.165, 1.54) is 32.1 Å². The van der Waals surface area contributed by atoms with Crippen LogP contribution >= 0.6 is 0 Å². The fraction of sp³-hybridized carbons (Fsp3) is 0.515. The fourth-order valence-electron chi connectivity index (χ4n) is 4.95. The summed E-state index contributed by atoms with van der Waals surface area (Å²) in [6, 6.07) is 9.20. The van der Waals surface area contributed by atoms with E-state index >= 15 is 0 Å². The number of ether oxygens (including phenoxy) is 3. The maximum absolute atomic E-state index is 12.9. The third-order valence-electron chi connectivity index (χ3n) is 6.77. The summed E-state index contributed by atoms with van der Waals surface area (Å²) in [5, 5.41) is 0. The second-order valence-corrected chi connectivity index (χ2v) is 11.6. The Morgan fingerprint density at radius 1 is 1.03 bits per heavy atom. The molecular formula is C33H44O5. The third kappa shape index (κ3) is 8.47. The van der Waals surface area contributed by atoms with Crippen molar-refractivity contribution in [1.29, 1.82) is 0 Å². The highest BCUT2D eigenvalue weighted by molar-refractivity contribution is 6.07. The van der Waals surface area contributed by atoms with Crippen LogP contribution in [0, 0.1) is 19.8 Å². The van der Waals surface area contributed by atoms with Crippen molar-refractivity contribution in [1.82, 2.24) is 0 Å². The summed E-state index contributed by atoms with van der Waals surface area (Å²) in [5.74, 6) is 1.66. The quantitative estimate of drug-likeness (QED) is 0.179. The van der Waals surface area contributed by atoms with Crippen LogP contribution in [0.5, 0.6) is 11.5 Å². The fourth-order valence-corrected chi connectivity index (χ4v) is 4.95. The van der Waals surface area contributed by atoms with Crippen LogP contribution in [0.15, 0.2) is 36.4 Å². The van der Waals surface area contributed by atoms with Crippen LogP contribution in [0.3, 0.4) is 0 Å². The topological polar surface area (TPSA) is 61.8 Å². The lowest BCUT2D eigenvalue weighted by Crippen LogP contribution is -2.25. The summed E-state index contributed by atoms with van der Waals surface area (Å²) < 4.78 is 17.7. The van der Waals surface area contributed by atoms with E-state index in [-0.39, 0.29) is 17.9 Å². The molecule has 1 aliphatic rings. The Labute approximate surface area is 228 Å². The SMILES string of the molecule is Cc1cc(C=CC(=O)c2ccc(OCCC3CCCCC3)cc2)c(OC(C)C)c(C)c1C(=O)OC(C)(C)C. The first-order valence-corrected chi connectivity index (χ1v) is 13.9. The Morgan fingerprint density at radius 2 is 1.68 bits per heavy atom. The van der Waals surface area contributed by atoms with Crippen LogP contribution < -0.4 is 9.47 Å². The van der Waals surface area contributed by atoms with Gasteiger partial charge in [0.05, 0.1) is 18.3 Å². The van der Waals surface area contributed by atoms with Crippen molar-refractivity contribution >= 4 is 17.8 Å². The molecule has 206 valence electrons. The van der Waals surface area contributed by atoms with Crippen molar-refractivity contribution in [2.75, 3.05) is 6.61 Å². The molecule has 0 atom stereocenters. The molecular weight excluding hydrogens is 476 g/mol. The second-order valence-electron chi connectivity index (χ2n) is 11.6. The molecule has 0 bridgehead atoms. The van der Waals surface area contributed by atoms with Gasteiger partial charge in [0, 0.05) is 16.7 Å². The van der Waals surface area contributed by atoms with E-state index < -0.39 is 5.60 Å². The molecule has 5 nitrogen and oxygen atoms in total. The number of carbonyl (C=O) groups is 2. The van der Waals surface area contributed by atoms with Crippen molar-refractivity contribution in [2.45, 2.75) is 98.7 Å². The summed E-state index contributed by atoms with van der Waals surface area (Å²) in [4.78, 5) is 25.9. The molecule has 0 spiro atoms. The average Bonchev–Trinajstić information content (AvgIpc) is 2.84. The number of carbonyl (C=O) groups excluding carboxylic acids is 2. The Bertz CT molecular complexity index is 1130. The van der Waals surface area contributed by atoms with Crippen molar-refractivity contribution in [3.05, 3.63) is 64.2 Å². The van der Waals surface area contributed by atoms with Gasteiger partial charge in [-0.2, -0.15) is 0 Å². The summed E-state index contributed by atoms with van der Waals surface area (Å²) in [7, 11) is 0. The minimum Gasteiger partial charge on any atom is -0.494 e. The summed E-state index contributed by atoms with van der Waals surface area (Å²) >= 11 is 0. The van der Waals surface area contributed by atoms with Gasteiger partial charge in [-0.05, 0) is 109 Å². The monoisotopic (exact) mass is 520 g/mol. The van der Waals surface area contributed by atoms with E-state index in [0.717, 1.165) is 29.2 Å². The zero-order chi connectivity index (χ0) is 27.9. The van der Waals surface area contributed by atoms with Gasteiger partial charge in [-0.1, -0.05) is 32.1 Å². The molecule has 38 heavy (non-hydrogen) atoms. The lowest BCUT2D eigenvalue weighted by atomic mass is 9.87. The predicted molar refractivity (Wildman–Crippen MR) is 153 cm³/mol. The number of esters is 1. The second kappa shape index (κ2) is 13.1. The number of rotatable bonds is 10. The summed E-state index contributed by atoms with van der Waals surface area (Å²) in [5.41, 5.74) is 2.71. The van der Waals surface area contributed by atoms with Gasteiger partial charge in [0.25, 0.3) is 0 Å². The van der Waals surface area contributed by atoms with Crippen LogP contribution in [0.4, 0.5) is 0 Å². The minimum atomic E-state index is -0.601. The highest BCUT2D eigenvalue weighted by Crippen LogP contribution is 2.33. The Morgan fingerprint density at radius 3 is 2.29 bits per heavy atom. The van der Waals surface area contributed by atoms with Crippen LogP contribution in [-0.2, 0) is 4.74 Å². The van der Waals surface area contributed by atoms with Gasteiger partial charge in [-0.3, -0.25) is 4.79 Å². The molecule has 5 heteroatoms. The predicted octanol–water partition coefficient (Wildman–Crippen LogP) is 8.29. The number of aryl methyl sites for hydroxylation is 1. The first-order valence-electron chi connectivity index (χ1n) is 13.9. The van der Waals surface area contributed by atoms with Crippen molar-refractivity contribution in [2.24, 2.45) is 5.92 Å². The molecule has 0 amide bonds. The third-order valence-corrected chi connectivity index (χ3v) is 6.77. The zero-order valence-corrected chi connectivity index (χ0v) is 24.2. The van der Waals surface area contributed by atoms with Crippen LogP contribution in [0.25, 0.3) is 6.08 Å². The molecule has 0 saturated heterocycles. The first kappa shape index (κ1) is 29.5. The molecule has 0 unspecified atom stereocenters. The average molecular weight is 521 g/mol. The molecule has 2 aromatic rings. The van der Waals surface area contributed by atoms with E-state index in [0.29, 0.717) is 29.0 Å². The number of hydrogen-bond acceptors (Lipinski definition) is 5. The van der Waals surface area contributed by atoms with Crippen LogP contribution in [0.1, 0.15) is 111 Å². The van der Waals surface area contributed by atoms with Gasteiger partial charge in [0.1, 0.15) is 17.1 Å². The van der Waals surface area contributed by atoms with Crippen molar-refractivity contribution < 1.29 is 23.8 Å². The van der Waals surface area contributed by atoms with E-state index in [4.69, 9.17) is 14.2 Å². The maximum atomic E-state index is 12.9. The Kier molecular flexibility index (Phi) is 10.2. The smallest absolute Gasteiger partial charge is 0.339 e. The molecule has 1 saturated carbocycles. The molecule has 0 heterocycles. The number of benzene rings is 2. The van der Waals surface area contributed by atoms with Gasteiger partial charge in [-0.15, -0.1) is 0 Å². The summed E-state index contributed by atoms with van der Waals surface area (Å²) in [6.45, 7) is 13.9. The lowest BCUT2D eigenvalue weighted by molar-refractivity contribution is 0.00671. The van der Waals surface area contributed by atoms with Gasteiger partial charge in [-0.25, -0.2) is 4.79 Å². The van der Waals surface area contributed by atoms with Gasteiger partial charge >= 0.3 is 5.97 Å². The normalized spacial score (nSPS) is 14.6. The van der Waals surface area contributed by atoms with Crippen molar-refractivity contribution in [3.63, 3.8) is 0 Å². The Balaban J connectivity index is 1.72. The van der Waals surface area contributed by atoms with E-state index in [1.54, 1.807) is 24.3 Å². The minimum absolute atomic E-state index is 0.101. The number of allylic oxidation sites excluding steroid dienone is 1. The van der Waals surface area contributed by atoms with E-state index in [9.17, 15) is 9.59 Å². The molecule has 3 rings (SSSR count).